The first-order chi connectivity index (χ1) is 8.49. The SMILES string of the molecule is CCOc1cccc(CNC(=O)C(C)(C)CN)c1. The molecule has 0 radical (unpaired) electrons. The number of carbonyl (C=O) groups excluding carboxylic acids is 1. The zero-order chi connectivity index (χ0) is 13.6. The van der Waals surface area contributed by atoms with Gasteiger partial charge in [-0.15, -0.1) is 0 Å². The highest BCUT2D eigenvalue weighted by Gasteiger charge is 2.25. The smallest absolute Gasteiger partial charge is 0.227 e. The minimum absolute atomic E-state index is 0.0354. The number of amides is 1. The molecule has 3 N–H and O–H groups in total. The van der Waals surface area contributed by atoms with E-state index in [9.17, 15) is 4.79 Å². The fourth-order valence-electron chi connectivity index (χ4n) is 1.43. The lowest BCUT2D eigenvalue weighted by Gasteiger charge is -2.21. The summed E-state index contributed by atoms with van der Waals surface area (Å²) in [4.78, 5) is 11.9. The summed E-state index contributed by atoms with van der Waals surface area (Å²) >= 11 is 0. The van der Waals surface area contributed by atoms with Gasteiger partial charge in [0.15, 0.2) is 0 Å². The second kappa shape index (κ2) is 6.40. The van der Waals surface area contributed by atoms with Crippen LogP contribution in [-0.4, -0.2) is 19.1 Å². The van der Waals surface area contributed by atoms with Gasteiger partial charge in [-0.05, 0) is 38.5 Å². The van der Waals surface area contributed by atoms with Crippen LogP contribution in [0.3, 0.4) is 0 Å². The Morgan fingerprint density at radius 1 is 1.44 bits per heavy atom. The molecule has 0 aliphatic heterocycles. The van der Waals surface area contributed by atoms with Gasteiger partial charge in [-0.2, -0.15) is 0 Å². The fraction of sp³-hybridized carbons (Fsp3) is 0.500. The summed E-state index contributed by atoms with van der Waals surface area (Å²) < 4.78 is 5.41. The predicted molar refractivity (Wildman–Crippen MR) is 72.3 cm³/mol. The highest BCUT2D eigenvalue weighted by atomic mass is 16.5. The number of nitrogens with one attached hydrogen (secondary N) is 1. The molecule has 18 heavy (non-hydrogen) atoms. The van der Waals surface area contributed by atoms with E-state index in [0.717, 1.165) is 11.3 Å². The van der Waals surface area contributed by atoms with Crippen LogP contribution >= 0.6 is 0 Å². The number of carbonyl (C=O) groups is 1. The van der Waals surface area contributed by atoms with Crippen LogP contribution in [0.25, 0.3) is 0 Å². The molecule has 0 unspecified atom stereocenters. The van der Waals surface area contributed by atoms with Crippen LogP contribution in [0.15, 0.2) is 24.3 Å². The molecule has 4 heteroatoms. The zero-order valence-corrected chi connectivity index (χ0v) is 11.3. The van der Waals surface area contributed by atoms with E-state index < -0.39 is 5.41 Å². The van der Waals surface area contributed by atoms with Gasteiger partial charge >= 0.3 is 0 Å². The Kier molecular flexibility index (Phi) is 5.16. The van der Waals surface area contributed by atoms with E-state index >= 15 is 0 Å². The van der Waals surface area contributed by atoms with E-state index in [-0.39, 0.29) is 5.91 Å². The van der Waals surface area contributed by atoms with Crippen molar-refractivity contribution in [2.45, 2.75) is 27.3 Å². The molecule has 0 aromatic heterocycles. The summed E-state index contributed by atoms with van der Waals surface area (Å²) in [5, 5.41) is 2.88. The summed E-state index contributed by atoms with van der Waals surface area (Å²) in [6, 6.07) is 7.71. The van der Waals surface area contributed by atoms with E-state index in [0.29, 0.717) is 19.7 Å². The van der Waals surface area contributed by atoms with Crippen molar-refractivity contribution >= 4 is 5.91 Å². The van der Waals surface area contributed by atoms with E-state index in [1.54, 1.807) is 0 Å². The third-order valence-electron chi connectivity index (χ3n) is 2.79. The lowest BCUT2D eigenvalue weighted by molar-refractivity contribution is -0.129. The summed E-state index contributed by atoms with van der Waals surface area (Å²) in [6.07, 6.45) is 0. The first-order valence-electron chi connectivity index (χ1n) is 6.19. The number of hydrogen-bond acceptors (Lipinski definition) is 3. The molecule has 0 spiro atoms. The summed E-state index contributed by atoms with van der Waals surface area (Å²) in [5.41, 5.74) is 6.04. The molecule has 4 nitrogen and oxygen atoms in total. The van der Waals surface area contributed by atoms with Crippen LogP contribution in [0.4, 0.5) is 0 Å². The summed E-state index contributed by atoms with van der Waals surface area (Å²) in [7, 11) is 0. The molecular weight excluding hydrogens is 228 g/mol. The van der Waals surface area contributed by atoms with Crippen LogP contribution in [0.2, 0.25) is 0 Å². The molecule has 0 aliphatic rings. The van der Waals surface area contributed by atoms with Gasteiger partial charge in [0.1, 0.15) is 5.75 Å². The van der Waals surface area contributed by atoms with Gasteiger partial charge in [0.25, 0.3) is 0 Å². The zero-order valence-electron chi connectivity index (χ0n) is 11.3. The maximum atomic E-state index is 11.9. The first kappa shape index (κ1) is 14.5. The molecule has 0 aliphatic carbocycles. The highest BCUT2D eigenvalue weighted by Crippen LogP contribution is 2.15. The monoisotopic (exact) mass is 250 g/mol. The molecule has 1 amide bonds. The molecule has 0 saturated carbocycles. The van der Waals surface area contributed by atoms with E-state index in [1.807, 2.05) is 45.0 Å². The van der Waals surface area contributed by atoms with Crippen molar-refractivity contribution in [3.05, 3.63) is 29.8 Å². The molecular formula is C14H22N2O2. The van der Waals surface area contributed by atoms with Crippen LogP contribution in [0.5, 0.6) is 5.75 Å². The second-order valence-corrected chi connectivity index (χ2v) is 4.85. The van der Waals surface area contributed by atoms with Gasteiger partial charge in [0.2, 0.25) is 5.91 Å². The molecule has 0 bridgehead atoms. The normalized spacial score (nSPS) is 11.1. The Morgan fingerprint density at radius 2 is 2.17 bits per heavy atom. The molecule has 0 fully saturated rings. The third-order valence-corrected chi connectivity index (χ3v) is 2.79. The first-order valence-corrected chi connectivity index (χ1v) is 6.19. The van der Waals surface area contributed by atoms with Crippen molar-refractivity contribution in [2.75, 3.05) is 13.2 Å². The minimum atomic E-state index is -0.530. The van der Waals surface area contributed by atoms with Gasteiger partial charge in [-0.3, -0.25) is 4.79 Å². The van der Waals surface area contributed by atoms with Gasteiger partial charge in [-0.1, -0.05) is 12.1 Å². The Morgan fingerprint density at radius 3 is 2.78 bits per heavy atom. The lowest BCUT2D eigenvalue weighted by Crippen LogP contribution is -2.41. The van der Waals surface area contributed by atoms with E-state index in [1.165, 1.54) is 0 Å². The van der Waals surface area contributed by atoms with Gasteiger partial charge in [-0.25, -0.2) is 0 Å². The predicted octanol–water partition coefficient (Wildman–Crippen LogP) is 1.69. The maximum absolute atomic E-state index is 11.9. The number of ether oxygens (including phenoxy) is 1. The average molecular weight is 250 g/mol. The van der Waals surface area contributed by atoms with Crippen molar-refractivity contribution in [2.24, 2.45) is 11.1 Å². The van der Waals surface area contributed by atoms with Crippen LogP contribution in [0.1, 0.15) is 26.3 Å². The maximum Gasteiger partial charge on any atom is 0.227 e. The third kappa shape index (κ3) is 4.04. The van der Waals surface area contributed by atoms with Crippen LogP contribution in [-0.2, 0) is 11.3 Å². The quantitative estimate of drug-likeness (QED) is 0.807. The molecule has 0 atom stereocenters. The average Bonchev–Trinajstić information content (AvgIpc) is 2.36. The van der Waals surface area contributed by atoms with E-state index in [4.69, 9.17) is 10.5 Å². The number of rotatable bonds is 6. The molecule has 100 valence electrons. The molecule has 1 rings (SSSR count). The van der Waals surface area contributed by atoms with Crippen molar-refractivity contribution in [3.63, 3.8) is 0 Å². The second-order valence-electron chi connectivity index (χ2n) is 4.85. The number of hydrogen-bond donors (Lipinski definition) is 2. The highest BCUT2D eigenvalue weighted by molar-refractivity contribution is 5.82. The van der Waals surface area contributed by atoms with Gasteiger partial charge < -0.3 is 15.8 Å². The van der Waals surface area contributed by atoms with Gasteiger partial charge in [0, 0.05) is 13.1 Å². The van der Waals surface area contributed by atoms with Crippen molar-refractivity contribution < 1.29 is 9.53 Å². The van der Waals surface area contributed by atoms with Crippen molar-refractivity contribution in [3.8, 4) is 5.75 Å². The molecule has 1 aromatic rings. The summed E-state index contributed by atoms with van der Waals surface area (Å²) in [5.74, 6) is 0.786. The van der Waals surface area contributed by atoms with Crippen LogP contribution in [0, 0.1) is 5.41 Å². The van der Waals surface area contributed by atoms with E-state index in [2.05, 4.69) is 5.32 Å². The molecule has 0 heterocycles. The summed E-state index contributed by atoms with van der Waals surface area (Å²) in [6.45, 7) is 7.06. The molecule has 1 aromatic carbocycles. The topological polar surface area (TPSA) is 64.3 Å². The lowest BCUT2D eigenvalue weighted by atomic mass is 9.92. The Hall–Kier alpha value is -1.55. The Balaban J connectivity index is 2.58. The Bertz CT molecular complexity index is 403. The Labute approximate surface area is 109 Å². The largest absolute Gasteiger partial charge is 0.494 e. The number of nitrogens with two attached hydrogens (primary N) is 1. The molecule has 0 saturated heterocycles. The minimum Gasteiger partial charge on any atom is -0.494 e. The van der Waals surface area contributed by atoms with Gasteiger partial charge in [0.05, 0.1) is 12.0 Å². The number of benzene rings is 1. The van der Waals surface area contributed by atoms with Crippen molar-refractivity contribution in [1.29, 1.82) is 0 Å². The van der Waals surface area contributed by atoms with Crippen LogP contribution < -0.4 is 15.8 Å². The fourth-order valence-corrected chi connectivity index (χ4v) is 1.43. The standard InChI is InChI=1S/C14H22N2O2/c1-4-18-12-7-5-6-11(8-12)9-16-13(17)14(2,3)10-15/h5-8H,4,9-10,15H2,1-3H3,(H,16,17). The van der Waals surface area contributed by atoms with Crippen molar-refractivity contribution in [1.82, 2.24) is 5.32 Å².